The zero-order valence-corrected chi connectivity index (χ0v) is 33.5. The molecule has 13 heteroatoms. The zero-order chi connectivity index (χ0) is 37.0. The monoisotopic (exact) mass is 736 g/mol. The first-order chi connectivity index (χ1) is 23.8. The smallest absolute Gasteiger partial charge is 0.416 e. The number of amides is 1. The van der Waals surface area contributed by atoms with Crippen LogP contribution in [0.15, 0.2) is 36.7 Å². The lowest BCUT2D eigenvalue weighted by molar-refractivity contribution is -0.000197. The van der Waals surface area contributed by atoms with Crippen molar-refractivity contribution in [3.05, 3.63) is 47.2 Å². The van der Waals surface area contributed by atoms with Crippen LogP contribution < -0.4 is 19.9 Å². The summed E-state index contributed by atoms with van der Waals surface area (Å²) < 4.78 is 23.9. The molecule has 1 amide bonds. The lowest BCUT2D eigenvalue weighted by Gasteiger charge is -2.53. The average molecular weight is 737 g/mol. The van der Waals surface area contributed by atoms with E-state index in [0.29, 0.717) is 52.5 Å². The number of carbonyl (C=O) groups excluding carboxylic acids is 1. The van der Waals surface area contributed by atoms with Crippen molar-refractivity contribution in [2.24, 2.45) is 5.41 Å². The topological polar surface area (TPSA) is 111 Å². The molecule has 3 aliphatic heterocycles. The maximum Gasteiger partial charge on any atom is 0.416 e. The van der Waals surface area contributed by atoms with Gasteiger partial charge in [0, 0.05) is 79.9 Å². The van der Waals surface area contributed by atoms with Crippen LogP contribution in [-0.4, -0.2) is 81.5 Å². The van der Waals surface area contributed by atoms with Gasteiger partial charge in [-0.1, -0.05) is 39.3 Å². The van der Waals surface area contributed by atoms with Crippen LogP contribution in [0.25, 0.3) is 11.3 Å². The molecule has 0 aliphatic carbocycles. The SMILES string of the molecule is COc1cc(N2CC3(CCOCC3)C2)c(Cl)cc1Nc1nccc(-c2cnc3c(c2)C(C)(CO[Si](C)(C)C(C)(C)C)CN3C(=O)OC(C)(C)C)n1. The third-order valence-electron chi connectivity index (χ3n) is 10.9. The Hall–Kier alpha value is -3.45. The lowest BCUT2D eigenvalue weighted by atomic mass is 9.73. The highest BCUT2D eigenvalue weighted by molar-refractivity contribution is 6.74. The van der Waals surface area contributed by atoms with Gasteiger partial charge in [0.05, 0.1) is 29.2 Å². The van der Waals surface area contributed by atoms with Crippen molar-refractivity contribution in [3.63, 3.8) is 0 Å². The summed E-state index contributed by atoms with van der Waals surface area (Å²) in [6, 6.07) is 7.77. The summed E-state index contributed by atoms with van der Waals surface area (Å²) >= 11 is 6.86. The van der Waals surface area contributed by atoms with E-state index in [9.17, 15) is 4.79 Å². The van der Waals surface area contributed by atoms with Gasteiger partial charge in [-0.2, -0.15) is 0 Å². The fraction of sp³-hybridized carbons (Fsp3) is 0.579. The van der Waals surface area contributed by atoms with Crippen molar-refractivity contribution in [3.8, 4) is 17.0 Å². The number of ether oxygens (including phenoxy) is 3. The van der Waals surface area contributed by atoms with Crippen molar-refractivity contribution in [1.29, 1.82) is 0 Å². The molecule has 1 atom stereocenters. The van der Waals surface area contributed by atoms with Crippen LogP contribution in [0.1, 0.15) is 66.9 Å². The molecule has 1 spiro atoms. The molecule has 0 bridgehead atoms. The van der Waals surface area contributed by atoms with Gasteiger partial charge in [0.25, 0.3) is 0 Å². The summed E-state index contributed by atoms with van der Waals surface area (Å²) in [6.07, 6.45) is 5.19. The normalized spacial score (nSPS) is 20.2. The predicted octanol–water partition coefficient (Wildman–Crippen LogP) is 8.60. The second-order valence-electron chi connectivity index (χ2n) is 17.1. The number of rotatable bonds is 8. The van der Waals surface area contributed by atoms with E-state index in [4.69, 9.17) is 40.2 Å². The minimum Gasteiger partial charge on any atom is -0.494 e. The van der Waals surface area contributed by atoms with E-state index in [-0.39, 0.29) is 5.04 Å². The molecule has 2 fully saturated rings. The number of nitrogens with one attached hydrogen (secondary N) is 1. The average Bonchev–Trinajstić information content (AvgIpc) is 3.34. The second kappa shape index (κ2) is 13.5. The number of halogens is 1. The fourth-order valence-electron chi connectivity index (χ4n) is 6.72. The number of hydrogen-bond acceptors (Lipinski definition) is 10. The fourth-order valence-corrected chi connectivity index (χ4v) is 8.12. The van der Waals surface area contributed by atoms with Gasteiger partial charge in [0.2, 0.25) is 5.95 Å². The van der Waals surface area contributed by atoms with Crippen LogP contribution in [0.3, 0.4) is 0 Å². The molecule has 1 N–H and O–H groups in total. The van der Waals surface area contributed by atoms with Crippen molar-refractivity contribution in [2.45, 2.75) is 90.5 Å². The number of aromatic nitrogens is 3. The van der Waals surface area contributed by atoms with Crippen LogP contribution in [0, 0.1) is 5.41 Å². The Morgan fingerprint density at radius 3 is 2.41 bits per heavy atom. The molecular weight excluding hydrogens is 684 g/mol. The van der Waals surface area contributed by atoms with Crippen molar-refractivity contribution < 1.29 is 23.4 Å². The number of nitrogens with zero attached hydrogens (tertiary/aromatic N) is 5. The Morgan fingerprint density at radius 2 is 1.76 bits per heavy atom. The summed E-state index contributed by atoms with van der Waals surface area (Å²) in [5.74, 6) is 1.61. The molecule has 3 aliphatic rings. The summed E-state index contributed by atoms with van der Waals surface area (Å²) in [4.78, 5) is 31.6. The van der Waals surface area contributed by atoms with Crippen LogP contribution >= 0.6 is 11.6 Å². The van der Waals surface area contributed by atoms with Gasteiger partial charge in [0.15, 0.2) is 8.32 Å². The third-order valence-corrected chi connectivity index (χ3v) is 15.6. The number of benzene rings is 1. The quantitative estimate of drug-likeness (QED) is 0.226. The van der Waals surface area contributed by atoms with E-state index in [0.717, 1.165) is 56.0 Å². The summed E-state index contributed by atoms with van der Waals surface area (Å²) in [7, 11) is -0.445. The van der Waals surface area contributed by atoms with E-state index in [1.807, 2.05) is 39.0 Å². The molecule has 1 aromatic carbocycles. The molecule has 11 nitrogen and oxygen atoms in total. The minimum absolute atomic E-state index is 0.0375. The molecule has 2 saturated heterocycles. The Bertz CT molecular complexity index is 1780. The van der Waals surface area contributed by atoms with E-state index in [2.05, 4.69) is 62.1 Å². The minimum atomic E-state index is -2.09. The van der Waals surface area contributed by atoms with E-state index in [1.165, 1.54) is 0 Å². The number of carbonyl (C=O) groups is 1. The third kappa shape index (κ3) is 7.70. The first kappa shape index (κ1) is 37.3. The standard InChI is InChI=1S/C38H53ClN6O5Si/c1-35(2,3)50-34(46)45-21-37(7,24-49-51(9,10)36(4,5)6)26-17-25(20-41-32(26)45)28-11-14-40-33(42-28)43-29-18-27(39)30(19-31(29)47-8)44-22-38(23-44)12-15-48-16-13-38/h11,14,17-20H,12-13,15-16,21-24H2,1-10H3,(H,40,42,43). The predicted molar refractivity (Wildman–Crippen MR) is 205 cm³/mol. The van der Waals surface area contributed by atoms with Crippen molar-refractivity contribution >= 4 is 49.2 Å². The van der Waals surface area contributed by atoms with Crippen molar-refractivity contribution in [1.82, 2.24) is 15.0 Å². The Kier molecular flexibility index (Phi) is 9.88. The first-order valence-electron chi connectivity index (χ1n) is 17.8. The van der Waals surface area contributed by atoms with Crippen molar-refractivity contribution in [2.75, 3.05) is 61.7 Å². The van der Waals surface area contributed by atoms with E-state index in [1.54, 1.807) is 24.4 Å². The van der Waals surface area contributed by atoms with Gasteiger partial charge < -0.3 is 28.9 Å². The molecule has 276 valence electrons. The summed E-state index contributed by atoms with van der Waals surface area (Å²) in [6.45, 7) is 23.3. The molecule has 5 heterocycles. The Labute approximate surface area is 308 Å². The summed E-state index contributed by atoms with van der Waals surface area (Å²) in [5, 5.41) is 3.99. The van der Waals surface area contributed by atoms with E-state index >= 15 is 0 Å². The summed E-state index contributed by atoms with van der Waals surface area (Å²) in [5.41, 5.74) is 3.15. The van der Waals surface area contributed by atoms with Crippen LogP contribution in [0.4, 0.5) is 27.9 Å². The Balaban J connectivity index is 1.26. The molecule has 2 aromatic heterocycles. The number of hydrogen-bond donors (Lipinski definition) is 1. The lowest BCUT2D eigenvalue weighted by Crippen LogP contribution is -2.58. The molecule has 3 aromatic rings. The molecule has 0 saturated carbocycles. The second-order valence-corrected chi connectivity index (χ2v) is 22.4. The highest BCUT2D eigenvalue weighted by Crippen LogP contribution is 2.47. The molecule has 51 heavy (non-hydrogen) atoms. The maximum absolute atomic E-state index is 13.4. The Morgan fingerprint density at radius 1 is 1.06 bits per heavy atom. The number of pyridine rings is 1. The number of methoxy groups -OCH3 is 1. The van der Waals surface area contributed by atoms with Gasteiger partial charge >= 0.3 is 6.09 Å². The molecule has 0 radical (unpaired) electrons. The number of fused-ring (bicyclic) bond motifs is 1. The van der Waals surface area contributed by atoms with Crippen LogP contribution in [-0.2, 0) is 19.3 Å². The van der Waals surface area contributed by atoms with Gasteiger partial charge in [0.1, 0.15) is 17.2 Å². The zero-order valence-electron chi connectivity index (χ0n) is 31.8. The van der Waals surface area contributed by atoms with Gasteiger partial charge in [-0.05, 0) is 69.9 Å². The van der Waals surface area contributed by atoms with E-state index < -0.39 is 25.4 Å². The maximum atomic E-state index is 13.4. The molecule has 6 rings (SSSR count). The first-order valence-corrected chi connectivity index (χ1v) is 21.1. The van der Waals surface area contributed by atoms with Gasteiger partial charge in [-0.15, -0.1) is 0 Å². The van der Waals surface area contributed by atoms with Crippen LogP contribution in [0.2, 0.25) is 23.2 Å². The highest BCUT2D eigenvalue weighted by atomic mass is 35.5. The molecule has 1 unspecified atom stereocenters. The van der Waals surface area contributed by atoms with Gasteiger partial charge in [-0.3, -0.25) is 4.90 Å². The van der Waals surface area contributed by atoms with Gasteiger partial charge in [-0.25, -0.2) is 19.7 Å². The molecular formula is C38H53ClN6O5Si. The van der Waals surface area contributed by atoms with Crippen LogP contribution in [0.5, 0.6) is 5.75 Å². The number of anilines is 4. The highest BCUT2D eigenvalue weighted by Gasteiger charge is 2.47. The largest absolute Gasteiger partial charge is 0.494 e.